The second kappa shape index (κ2) is 5.19. The second-order valence-electron chi connectivity index (χ2n) is 3.68. The summed E-state index contributed by atoms with van der Waals surface area (Å²) >= 11 is 0. The Kier molecular flexibility index (Phi) is 4.95. The van der Waals surface area contributed by atoms with Crippen molar-refractivity contribution in [3.63, 3.8) is 0 Å². The fourth-order valence-corrected chi connectivity index (χ4v) is 1.28. The molecule has 0 aromatic rings. The molecule has 0 amide bonds. The van der Waals surface area contributed by atoms with E-state index in [9.17, 15) is 4.79 Å². The molecule has 1 unspecified atom stereocenters. The molecule has 0 fully saturated rings. The number of nitrogens with one attached hydrogen (secondary N) is 1. The molecule has 0 aromatic heterocycles. The summed E-state index contributed by atoms with van der Waals surface area (Å²) in [6.45, 7) is 5.50. The van der Waals surface area contributed by atoms with Gasteiger partial charge in [-0.05, 0) is 20.3 Å². The summed E-state index contributed by atoms with van der Waals surface area (Å²) in [6, 6.07) is -0.259. The largest absolute Gasteiger partial charge is 0.469 e. The van der Waals surface area contributed by atoms with Gasteiger partial charge in [-0.25, -0.2) is 5.48 Å². The number of hydrogen-bond acceptors (Lipinski definition) is 4. The van der Waals surface area contributed by atoms with Crippen molar-refractivity contribution >= 4 is 5.97 Å². The minimum absolute atomic E-state index is 0.259. The molecule has 0 aromatic carbocycles. The third kappa shape index (κ3) is 2.97. The van der Waals surface area contributed by atoms with Crippen molar-refractivity contribution in [1.82, 2.24) is 5.48 Å². The number of hydroxylamine groups is 1. The normalized spacial score (nSPS) is 13.9. The van der Waals surface area contributed by atoms with Crippen molar-refractivity contribution in [2.45, 2.75) is 39.7 Å². The molecule has 0 spiro atoms. The molecule has 2 N–H and O–H groups in total. The SMILES string of the molecule is CCCC(NO)C(C)(C)C(=O)OC. The highest BCUT2D eigenvalue weighted by molar-refractivity contribution is 5.76. The van der Waals surface area contributed by atoms with Gasteiger partial charge in [0.15, 0.2) is 0 Å². The molecule has 0 rings (SSSR count). The molecule has 0 bridgehead atoms. The molecule has 0 radical (unpaired) electrons. The Morgan fingerprint density at radius 3 is 2.46 bits per heavy atom. The third-order valence-electron chi connectivity index (χ3n) is 2.32. The summed E-state index contributed by atoms with van der Waals surface area (Å²) in [6.07, 6.45) is 1.64. The van der Waals surface area contributed by atoms with E-state index in [-0.39, 0.29) is 12.0 Å². The third-order valence-corrected chi connectivity index (χ3v) is 2.32. The lowest BCUT2D eigenvalue weighted by Gasteiger charge is -2.30. The first-order valence-corrected chi connectivity index (χ1v) is 4.48. The molecule has 78 valence electrons. The van der Waals surface area contributed by atoms with Gasteiger partial charge in [0.2, 0.25) is 0 Å². The van der Waals surface area contributed by atoms with Gasteiger partial charge in [-0.2, -0.15) is 0 Å². The van der Waals surface area contributed by atoms with E-state index in [1.165, 1.54) is 7.11 Å². The van der Waals surface area contributed by atoms with Crippen LogP contribution in [0, 0.1) is 5.41 Å². The zero-order valence-corrected chi connectivity index (χ0v) is 8.76. The van der Waals surface area contributed by atoms with E-state index < -0.39 is 5.41 Å². The molecule has 4 nitrogen and oxygen atoms in total. The first-order valence-electron chi connectivity index (χ1n) is 4.48. The van der Waals surface area contributed by atoms with E-state index in [1.807, 2.05) is 6.92 Å². The van der Waals surface area contributed by atoms with Gasteiger partial charge >= 0.3 is 5.97 Å². The van der Waals surface area contributed by atoms with Gasteiger partial charge in [-0.15, -0.1) is 0 Å². The van der Waals surface area contributed by atoms with Crippen LogP contribution in [0.4, 0.5) is 0 Å². The van der Waals surface area contributed by atoms with Gasteiger partial charge < -0.3 is 9.94 Å². The van der Waals surface area contributed by atoms with E-state index in [4.69, 9.17) is 5.21 Å². The molecule has 4 heteroatoms. The average molecular weight is 189 g/mol. The van der Waals surface area contributed by atoms with Crippen molar-refractivity contribution in [2.24, 2.45) is 5.41 Å². The number of carbonyl (C=O) groups is 1. The van der Waals surface area contributed by atoms with Crippen LogP contribution < -0.4 is 5.48 Å². The van der Waals surface area contributed by atoms with Gasteiger partial charge in [-0.3, -0.25) is 4.79 Å². The van der Waals surface area contributed by atoms with Crippen LogP contribution in [0.2, 0.25) is 0 Å². The fraction of sp³-hybridized carbons (Fsp3) is 0.889. The topological polar surface area (TPSA) is 58.6 Å². The Bertz CT molecular complexity index is 168. The van der Waals surface area contributed by atoms with Crippen LogP contribution in [0.3, 0.4) is 0 Å². The van der Waals surface area contributed by atoms with Crippen LogP contribution in [0.1, 0.15) is 33.6 Å². The predicted octanol–water partition coefficient (Wildman–Crippen LogP) is 1.33. The molecule has 0 aliphatic carbocycles. The van der Waals surface area contributed by atoms with E-state index in [2.05, 4.69) is 10.2 Å². The first-order chi connectivity index (χ1) is 6.00. The van der Waals surface area contributed by atoms with Crippen LogP contribution in [0.15, 0.2) is 0 Å². The maximum absolute atomic E-state index is 11.3. The highest BCUT2D eigenvalue weighted by atomic mass is 16.5. The summed E-state index contributed by atoms with van der Waals surface area (Å²) in [4.78, 5) is 11.3. The maximum atomic E-state index is 11.3. The summed E-state index contributed by atoms with van der Waals surface area (Å²) in [5.41, 5.74) is 1.46. The number of rotatable bonds is 5. The highest BCUT2D eigenvalue weighted by Crippen LogP contribution is 2.25. The Hall–Kier alpha value is -0.610. The van der Waals surface area contributed by atoms with Crippen molar-refractivity contribution < 1.29 is 14.7 Å². The standard InChI is InChI=1S/C9H19NO3/c1-5-6-7(10-12)9(2,3)8(11)13-4/h7,10,12H,5-6H2,1-4H3. The predicted molar refractivity (Wildman–Crippen MR) is 49.4 cm³/mol. The van der Waals surface area contributed by atoms with Crippen LogP contribution in [0.25, 0.3) is 0 Å². The monoisotopic (exact) mass is 189 g/mol. The van der Waals surface area contributed by atoms with E-state index in [0.717, 1.165) is 12.8 Å². The van der Waals surface area contributed by atoms with Crippen molar-refractivity contribution in [3.8, 4) is 0 Å². The lowest BCUT2D eigenvalue weighted by molar-refractivity contribution is -0.154. The van der Waals surface area contributed by atoms with Crippen LogP contribution in [0.5, 0.6) is 0 Å². The molecule has 1 atom stereocenters. The maximum Gasteiger partial charge on any atom is 0.312 e. The number of esters is 1. The highest BCUT2D eigenvalue weighted by Gasteiger charge is 2.37. The Labute approximate surface area is 79.2 Å². The Morgan fingerprint density at radius 1 is 1.62 bits per heavy atom. The zero-order chi connectivity index (χ0) is 10.5. The van der Waals surface area contributed by atoms with Crippen LogP contribution >= 0.6 is 0 Å². The quantitative estimate of drug-likeness (QED) is 0.506. The molecular weight excluding hydrogens is 170 g/mol. The summed E-state index contributed by atoms with van der Waals surface area (Å²) < 4.78 is 4.65. The second-order valence-corrected chi connectivity index (χ2v) is 3.68. The zero-order valence-electron chi connectivity index (χ0n) is 8.76. The number of carbonyl (C=O) groups excluding carboxylic acids is 1. The Balaban J connectivity index is 4.45. The molecular formula is C9H19NO3. The van der Waals surface area contributed by atoms with Crippen molar-refractivity contribution in [1.29, 1.82) is 0 Å². The average Bonchev–Trinajstić information content (AvgIpc) is 2.12. The molecule has 0 saturated carbocycles. The lowest BCUT2D eigenvalue weighted by atomic mass is 9.82. The smallest absolute Gasteiger partial charge is 0.312 e. The Morgan fingerprint density at radius 2 is 2.15 bits per heavy atom. The van der Waals surface area contributed by atoms with Crippen LogP contribution in [-0.4, -0.2) is 24.3 Å². The summed E-state index contributed by atoms with van der Waals surface area (Å²) in [7, 11) is 1.35. The number of methoxy groups -OCH3 is 1. The van der Waals surface area contributed by atoms with Crippen molar-refractivity contribution in [2.75, 3.05) is 7.11 Å². The van der Waals surface area contributed by atoms with Gasteiger partial charge in [0.05, 0.1) is 12.5 Å². The number of ether oxygens (including phenoxy) is 1. The minimum Gasteiger partial charge on any atom is -0.469 e. The number of hydrogen-bond donors (Lipinski definition) is 2. The van der Waals surface area contributed by atoms with E-state index >= 15 is 0 Å². The van der Waals surface area contributed by atoms with E-state index in [1.54, 1.807) is 13.8 Å². The van der Waals surface area contributed by atoms with Crippen molar-refractivity contribution in [3.05, 3.63) is 0 Å². The molecule has 0 aliphatic heterocycles. The molecule has 13 heavy (non-hydrogen) atoms. The van der Waals surface area contributed by atoms with Crippen LogP contribution in [-0.2, 0) is 9.53 Å². The fourth-order valence-electron chi connectivity index (χ4n) is 1.28. The van der Waals surface area contributed by atoms with Gasteiger partial charge in [0.1, 0.15) is 0 Å². The van der Waals surface area contributed by atoms with Gasteiger partial charge in [-0.1, -0.05) is 13.3 Å². The minimum atomic E-state index is -0.695. The summed E-state index contributed by atoms with van der Waals surface area (Å²) in [5.74, 6) is -0.312. The van der Waals surface area contributed by atoms with E-state index in [0.29, 0.717) is 0 Å². The lowest BCUT2D eigenvalue weighted by Crippen LogP contribution is -2.45. The first kappa shape index (κ1) is 12.4. The molecule has 0 aliphatic rings. The molecule has 0 saturated heterocycles. The summed E-state index contributed by atoms with van der Waals surface area (Å²) in [5, 5.41) is 8.88. The van der Waals surface area contributed by atoms with Gasteiger partial charge in [0.25, 0.3) is 0 Å². The molecule has 0 heterocycles. The van der Waals surface area contributed by atoms with Gasteiger partial charge in [0, 0.05) is 6.04 Å².